The molecule has 16 heavy (non-hydrogen) atoms. The molecule has 1 aromatic carbocycles. The third-order valence-electron chi connectivity index (χ3n) is 2.35. The molecular formula is C11H11N3O2. The SMILES string of the molecule is Cc1cc(-c2cccc([N+](=O)[O-])c2)n(C)n1. The first kappa shape index (κ1) is 10.4. The van der Waals surface area contributed by atoms with Gasteiger partial charge in [0.1, 0.15) is 0 Å². The Hall–Kier alpha value is -2.17. The van der Waals surface area contributed by atoms with Crippen molar-refractivity contribution in [3.05, 3.63) is 46.1 Å². The van der Waals surface area contributed by atoms with Gasteiger partial charge in [0, 0.05) is 24.7 Å². The van der Waals surface area contributed by atoms with Crippen LogP contribution in [0.3, 0.4) is 0 Å². The first-order chi connectivity index (χ1) is 7.58. The largest absolute Gasteiger partial charge is 0.270 e. The van der Waals surface area contributed by atoms with E-state index in [1.165, 1.54) is 6.07 Å². The topological polar surface area (TPSA) is 61.0 Å². The summed E-state index contributed by atoms with van der Waals surface area (Å²) in [6, 6.07) is 8.45. The summed E-state index contributed by atoms with van der Waals surface area (Å²) in [5.41, 5.74) is 2.67. The Morgan fingerprint density at radius 3 is 2.69 bits per heavy atom. The van der Waals surface area contributed by atoms with Gasteiger partial charge in [-0.3, -0.25) is 14.8 Å². The molecular weight excluding hydrogens is 206 g/mol. The van der Waals surface area contributed by atoms with Crippen LogP contribution in [-0.2, 0) is 7.05 Å². The predicted octanol–water partition coefficient (Wildman–Crippen LogP) is 2.30. The number of aryl methyl sites for hydroxylation is 2. The third-order valence-corrected chi connectivity index (χ3v) is 2.35. The van der Waals surface area contributed by atoms with Gasteiger partial charge in [-0.05, 0) is 13.0 Å². The zero-order chi connectivity index (χ0) is 11.7. The highest BCUT2D eigenvalue weighted by molar-refractivity contribution is 5.63. The zero-order valence-corrected chi connectivity index (χ0v) is 9.04. The number of rotatable bonds is 2. The summed E-state index contributed by atoms with van der Waals surface area (Å²) in [6.45, 7) is 1.89. The first-order valence-corrected chi connectivity index (χ1v) is 4.83. The second kappa shape index (κ2) is 3.77. The molecule has 1 heterocycles. The number of nitrogens with zero attached hydrogens (tertiary/aromatic N) is 3. The Kier molecular flexibility index (Phi) is 2.44. The highest BCUT2D eigenvalue weighted by atomic mass is 16.6. The van der Waals surface area contributed by atoms with E-state index in [-0.39, 0.29) is 5.69 Å². The fourth-order valence-electron chi connectivity index (χ4n) is 1.66. The Balaban J connectivity index is 2.52. The lowest BCUT2D eigenvalue weighted by Crippen LogP contribution is -1.94. The van der Waals surface area contributed by atoms with Crippen molar-refractivity contribution < 1.29 is 4.92 Å². The third kappa shape index (κ3) is 1.79. The second-order valence-electron chi connectivity index (χ2n) is 3.60. The smallest absolute Gasteiger partial charge is 0.268 e. The number of hydrogen-bond acceptors (Lipinski definition) is 3. The van der Waals surface area contributed by atoms with Crippen LogP contribution >= 0.6 is 0 Å². The van der Waals surface area contributed by atoms with Crippen molar-refractivity contribution in [2.75, 3.05) is 0 Å². The van der Waals surface area contributed by atoms with E-state index in [9.17, 15) is 10.1 Å². The van der Waals surface area contributed by atoms with Crippen LogP contribution in [0.2, 0.25) is 0 Å². The average Bonchev–Trinajstić information content (AvgIpc) is 2.58. The van der Waals surface area contributed by atoms with Crippen LogP contribution in [0.1, 0.15) is 5.69 Å². The lowest BCUT2D eigenvalue weighted by molar-refractivity contribution is -0.384. The molecule has 2 rings (SSSR count). The van der Waals surface area contributed by atoms with E-state index in [0.29, 0.717) is 0 Å². The summed E-state index contributed by atoms with van der Waals surface area (Å²) in [5, 5.41) is 14.9. The maximum Gasteiger partial charge on any atom is 0.270 e. The number of nitro groups is 1. The molecule has 0 atom stereocenters. The lowest BCUT2D eigenvalue weighted by atomic mass is 10.1. The fourth-order valence-corrected chi connectivity index (χ4v) is 1.66. The standard InChI is InChI=1S/C11H11N3O2/c1-8-6-11(13(2)12-8)9-4-3-5-10(7-9)14(15)16/h3-7H,1-2H3. The van der Waals surface area contributed by atoms with Gasteiger partial charge in [-0.25, -0.2) is 0 Å². The van der Waals surface area contributed by atoms with Crippen molar-refractivity contribution >= 4 is 5.69 Å². The highest BCUT2D eigenvalue weighted by Crippen LogP contribution is 2.23. The molecule has 5 nitrogen and oxygen atoms in total. The average molecular weight is 217 g/mol. The van der Waals surface area contributed by atoms with Gasteiger partial charge in [0.05, 0.1) is 16.3 Å². The van der Waals surface area contributed by atoms with Crippen molar-refractivity contribution in [2.24, 2.45) is 7.05 Å². The van der Waals surface area contributed by atoms with Gasteiger partial charge in [0.25, 0.3) is 5.69 Å². The molecule has 0 aliphatic rings. The molecule has 0 saturated heterocycles. The Bertz CT molecular complexity index is 546. The van der Waals surface area contributed by atoms with Crippen molar-refractivity contribution in [2.45, 2.75) is 6.92 Å². The molecule has 0 fully saturated rings. The van der Waals surface area contributed by atoms with Crippen LogP contribution in [0.15, 0.2) is 30.3 Å². The normalized spacial score (nSPS) is 10.4. The van der Waals surface area contributed by atoms with Gasteiger partial charge in [0.2, 0.25) is 0 Å². The van der Waals surface area contributed by atoms with Crippen molar-refractivity contribution in [3.63, 3.8) is 0 Å². The molecule has 0 saturated carbocycles. The molecule has 0 bridgehead atoms. The number of aromatic nitrogens is 2. The molecule has 5 heteroatoms. The maximum atomic E-state index is 10.7. The Labute approximate surface area is 92.5 Å². The molecule has 0 spiro atoms. The van der Waals surface area contributed by atoms with E-state index in [0.717, 1.165) is 17.0 Å². The second-order valence-corrected chi connectivity index (χ2v) is 3.60. The van der Waals surface area contributed by atoms with Crippen LogP contribution in [0.4, 0.5) is 5.69 Å². The lowest BCUT2D eigenvalue weighted by Gasteiger charge is -2.01. The molecule has 0 unspecified atom stereocenters. The van der Waals surface area contributed by atoms with E-state index < -0.39 is 4.92 Å². The summed E-state index contributed by atoms with van der Waals surface area (Å²) >= 11 is 0. The maximum absolute atomic E-state index is 10.7. The van der Waals surface area contributed by atoms with Gasteiger partial charge in [0.15, 0.2) is 0 Å². The summed E-state index contributed by atoms with van der Waals surface area (Å²) in [4.78, 5) is 10.3. The molecule has 0 amide bonds. The summed E-state index contributed by atoms with van der Waals surface area (Å²) < 4.78 is 1.72. The Morgan fingerprint density at radius 1 is 1.38 bits per heavy atom. The predicted molar refractivity (Wildman–Crippen MR) is 60.0 cm³/mol. The fraction of sp³-hybridized carbons (Fsp3) is 0.182. The van der Waals surface area contributed by atoms with Gasteiger partial charge < -0.3 is 0 Å². The van der Waals surface area contributed by atoms with Crippen LogP contribution in [0.5, 0.6) is 0 Å². The first-order valence-electron chi connectivity index (χ1n) is 4.83. The summed E-state index contributed by atoms with van der Waals surface area (Å²) in [6.07, 6.45) is 0. The molecule has 82 valence electrons. The molecule has 0 N–H and O–H groups in total. The molecule has 0 radical (unpaired) electrons. The number of nitro benzene ring substituents is 1. The molecule has 0 aliphatic heterocycles. The van der Waals surface area contributed by atoms with E-state index in [4.69, 9.17) is 0 Å². The van der Waals surface area contributed by atoms with Crippen LogP contribution < -0.4 is 0 Å². The Morgan fingerprint density at radius 2 is 2.12 bits per heavy atom. The minimum atomic E-state index is -0.396. The number of benzene rings is 1. The zero-order valence-electron chi connectivity index (χ0n) is 9.04. The number of non-ortho nitro benzene ring substituents is 1. The van der Waals surface area contributed by atoms with Crippen LogP contribution in [-0.4, -0.2) is 14.7 Å². The minimum absolute atomic E-state index is 0.0938. The summed E-state index contributed by atoms with van der Waals surface area (Å²) in [5.74, 6) is 0. The van der Waals surface area contributed by atoms with E-state index in [1.54, 1.807) is 16.8 Å². The van der Waals surface area contributed by atoms with Crippen molar-refractivity contribution in [1.82, 2.24) is 9.78 Å². The molecule has 2 aromatic rings. The van der Waals surface area contributed by atoms with Gasteiger partial charge >= 0.3 is 0 Å². The minimum Gasteiger partial charge on any atom is -0.268 e. The van der Waals surface area contributed by atoms with E-state index >= 15 is 0 Å². The van der Waals surface area contributed by atoms with Crippen molar-refractivity contribution in [1.29, 1.82) is 0 Å². The van der Waals surface area contributed by atoms with Crippen LogP contribution in [0, 0.1) is 17.0 Å². The van der Waals surface area contributed by atoms with Crippen molar-refractivity contribution in [3.8, 4) is 11.3 Å². The molecule has 0 aliphatic carbocycles. The van der Waals surface area contributed by atoms with Gasteiger partial charge in [-0.2, -0.15) is 5.10 Å². The monoisotopic (exact) mass is 217 g/mol. The molecule has 1 aromatic heterocycles. The van der Waals surface area contributed by atoms with E-state index in [2.05, 4.69) is 5.10 Å². The quantitative estimate of drug-likeness (QED) is 0.572. The van der Waals surface area contributed by atoms with Gasteiger partial charge in [-0.1, -0.05) is 12.1 Å². The van der Waals surface area contributed by atoms with Gasteiger partial charge in [-0.15, -0.1) is 0 Å². The highest BCUT2D eigenvalue weighted by Gasteiger charge is 2.10. The van der Waals surface area contributed by atoms with Crippen LogP contribution in [0.25, 0.3) is 11.3 Å². The van der Waals surface area contributed by atoms with E-state index in [1.807, 2.05) is 26.1 Å². The number of hydrogen-bond donors (Lipinski definition) is 0. The summed E-state index contributed by atoms with van der Waals surface area (Å²) in [7, 11) is 1.82.